The first kappa shape index (κ1) is 14.7. The highest BCUT2D eigenvalue weighted by molar-refractivity contribution is 9.10. The van der Waals surface area contributed by atoms with Gasteiger partial charge in [0.05, 0.1) is 11.1 Å². The fourth-order valence-corrected chi connectivity index (χ4v) is 3.39. The number of carbonyl (C=O) groups is 4. The number of primary amides is 1. The number of fused-ring (bicyclic) bond motifs is 1. The van der Waals surface area contributed by atoms with Crippen LogP contribution in [0.1, 0.15) is 39.1 Å². The van der Waals surface area contributed by atoms with Gasteiger partial charge in [0.15, 0.2) is 0 Å². The number of hydrogen-bond acceptors (Lipinski definition) is 4. The number of amides is 4. The molecule has 0 radical (unpaired) electrons. The molecule has 0 aliphatic carbocycles. The van der Waals surface area contributed by atoms with Crippen LogP contribution in [0.5, 0.6) is 0 Å². The third-order valence-electron chi connectivity index (χ3n) is 3.89. The highest BCUT2D eigenvalue weighted by atomic mass is 79.9. The third kappa shape index (κ3) is 2.19. The van der Waals surface area contributed by atoms with E-state index in [0.717, 1.165) is 0 Å². The number of rotatable bonds is 2. The minimum Gasteiger partial charge on any atom is -0.366 e. The molecule has 1 aromatic carbocycles. The first-order valence-corrected chi connectivity index (χ1v) is 7.45. The molecule has 0 aromatic heterocycles. The predicted molar refractivity (Wildman–Crippen MR) is 78.7 cm³/mol. The molecule has 7 nitrogen and oxygen atoms in total. The van der Waals surface area contributed by atoms with Crippen LogP contribution in [0.3, 0.4) is 0 Å². The number of hydrogen-bond donors (Lipinski definition) is 2. The van der Waals surface area contributed by atoms with Crippen molar-refractivity contribution in [2.75, 3.05) is 0 Å². The molecular formula is C14H12BrN3O4. The second kappa shape index (κ2) is 5.20. The molecule has 8 heteroatoms. The molecule has 2 heterocycles. The lowest BCUT2D eigenvalue weighted by Gasteiger charge is -2.29. The maximum absolute atomic E-state index is 12.6. The van der Waals surface area contributed by atoms with Crippen molar-refractivity contribution >= 4 is 39.6 Å². The fourth-order valence-electron chi connectivity index (χ4n) is 2.87. The molecular weight excluding hydrogens is 354 g/mol. The zero-order valence-electron chi connectivity index (χ0n) is 11.4. The van der Waals surface area contributed by atoms with Crippen LogP contribution in [-0.4, -0.2) is 34.6 Å². The molecule has 1 atom stereocenters. The average Bonchev–Trinajstić information content (AvgIpc) is 2.76. The summed E-state index contributed by atoms with van der Waals surface area (Å²) < 4.78 is 0.442. The lowest BCUT2D eigenvalue weighted by Crippen LogP contribution is -2.52. The normalized spacial score (nSPS) is 20.9. The van der Waals surface area contributed by atoms with Crippen LogP contribution in [0.15, 0.2) is 16.6 Å². The van der Waals surface area contributed by atoms with Gasteiger partial charge < -0.3 is 10.6 Å². The lowest BCUT2D eigenvalue weighted by atomic mass is 10.0. The van der Waals surface area contributed by atoms with Crippen molar-refractivity contribution in [2.24, 2.45) is 5.73 Å². The maximum atomic E-state index is 12.6. The van der Waals surface area contributed by atoms with E-state index in [1.54, 1.807) is 12.1 Å². The van der Waals surface area contributed by atoms with Gasteiger partial charge in [-0.15, -0.1) is 0 Å². The Labute approximate surface area is 134 Å². The summed E-state index contributed by atoms with van der Waals surface area (Å²) in [6.45, 7) is 0.216. The molecule has 3 rings (SSSR count). The van der Waals surface area contributed by atoms with Crippen molar-refractivity contribution in [3.8, 4) is 0 Å². The van der Waals surface area contributed by atoms with Gasteiger partial charge >= 0.3 is 0 Å². The Morgan fingerprint density at radius 1 is 1.32 bits per heavy atom. The standard InChI is InChI=1S/C14H12BrN3O4/c15-7-2-1-6-5-18(8-3-4-9(19)17-13(8)21)14(22)10(6)11(7)12(16)20/h1-2,8H,3-5H2,(H2,16,20)(H,17,19,21). The predicted octanol–water partition coefficient (Wildman–Crippen LogP) is 0.309. The number of benzene rings is 1. The monoisotopic (exact) mass is 365 g/mol. The van der Waals surface area contributed by atoms with Crippen molar-refractivity contribution in [2.45, 2.75) is 25.4 Å². The molecule has 22 heavy (non-hydrogen) atoms. The Hall–Kier alpha value is -2.22. The summed E-state index contributed by atoms with van der Waals surface area (Å²) in [5.74, 6) is -1.95. The Morgan fingerprint density at radius 2 is 2.05 bits per heavy atom. The summed E-state index contributed by atoms with van der Waals surface area (Å²) in [6.07, 6.45) is 0.459. The molecule has 1 saturated heterocycles. The van der Waals surface area contributed by atoms with Crippen LogP contribution in [0.2, 0.25) is 0 Å². The second-order valence-electron chi connectivity index (χ2n) is 5.22. The van der Waals surface area contributed by atoms with Crippen molar-refractivity contribution in [1.29, 1.82) is 0 Å². The Balaban J connectivity index is 1.98. The van der Waals surface area contributed by atoms with Crippen LogP contribution in [0.25, 0.3) is 0 Å². The quantitative estimate of drug-likeness (QED) is 0.734. The van der Waals surface area contributed by atoms with Crippen LogP contribution < -0.4 is 11.1 Å². The maximum Gasteiger partial charge on any atom is 0.256 e. The lowest BCUT2D eigenvalue weighted by molar-refractivity contribution is -0.136. The van der Waals surface area contributed by atoms with Gasteiger partial charge in [-0.3, -0.25) is 24.5 Å². The molecule has 1 fully saturated rings. The largest absolute Gasteiger partial charge is 0.366 e. The molecule has 0 saturated carbocycles. The van der Waals surface area contributed by atoms with Crippen LogP contribution in [-0.2, 0) is 16.1 Å². The van der Waals surface area contributed by atoms with Crippen molar-refractivity contribution in [1.82, 2.24) is 10.2 Å². The van der Waals surface area contributed by atoms with Gasteiger partial charge in [0.2, 0.25) is 11.8 Å². The first-order chi connectivity index (χ1) is 10.4. The van der Waals surface area contributed by atoms with Gasteiger partial charge in [-0.2, -0.15) is 0 Å². The Morgan fingerprint density at radius 3 is 2.68 bits per heavy atom. The summed E-state index contributed by atoms with van der Waals surface area (Å²) >= 11 is 3.22. The molecule has 4 amide bonds. The molecule has 0 bridgehead atoms. The number of nitrogens with zero attached hydrogens (tertiary/aromatic N) is 1. The summed E-state index contributed by atoms with van der Waals surface area (Å²) in [7, 11) is 0. The molecule has 2 aliphatic rings. The van der Waals surface area contributed by atoms with Gasteiger partial charge in [0.1, 0.15) is 6.04 Å². The van der Waals surface area contributed by atoms with E-state index < -0.39 is 23.8 Å². The molecule has 1 aromatic rings. The first-order valence-electron chi connectivity index (χ1n) is 6.66. The second-order valence-corrected chi connectivity index (χ2v) is 6.08. The van der Waals surface area contributed by atoms with Gasteiger partial charge in [-0.1, -0.05) is 6.07 Å². The van der Waals surface area contributed by atoms with Gasteiger partial charge in [-0.05, 0) is 34.0 Å². The zero-order chi connectivity index (χ0) is 16.0. The van der Waals surface area contributed by atoms with Gasteiger partial charge in [0, 0.05) is 17.4 Å². The van der Waals surface area contributed by atoms with E-state index in [4.69, 9.17) is 5.73 Å². The number of nitrogens with two attached hydrogens (primary N) is 1. The van der Waals surface area contributed by atoms with Crippen LogP contribution in [0, 0.1) is 0 Å². The number of piperidine rings is 1. The molecule has 3 N–H and O–H groups in total. The van der Waals surface area contributed by atoms with Gasteiger partial charge in [0.25, 0.3) is 11.8 Å². The summed E-state index contributed by atoms with van der Waals surface area (Å²) in [4.78, 5) is 48.8. The SMILES string of the molecule is NC(=O)c1c(Br)ccc2c1C(=O)N(C1CCC(=O)NC1=O)C2. The smallest absolute Gasteiger partial charge is 0.256 e. The van der Waals surface area contributed by atoms with E-state index in [1.165, 1.54) is 4.90 Å². The molecule has 0 spiro atoms. The molecule has 114 valence electrons. The topological polar surface area (TPSA) is 110 Å². The van der Waals surface area contributed by atoms with Crippen LogP contribution in [0.4, 0.5) is 0 Å². The van der Waals surface area contributed by atoms with Crippen LogP contribution >= 0.6 is 15.9 Å². The van der Waals surface area contributed by atoms with E-state index in [2.05, 4.69) is 21.2 Å². The van der Waals surface area contributed by atoms with E-state index in [-0.39, 0.29) is 36.4 Å². The fraction of sp³-hybridized carbons (Fsp3) is 0.286. The van der Waals surface area contributed by atoms with Crippen molar-refractivity contribution in [3.63, 3.8) is 0 Å². The number of halogens is 1. The van der Waals surface area contributed by atoms with Crippen molar-refractivity contribution < 1.29 is 19.2 Å². The Kier molecular flexibility index (Phi) is 3.48. The van der Waals surface area contributed by atoms with E-state index in [1.807, 2.05) is 0 Å². The zero-order valence-corrected chi connectivity index (χ0v) is 13.0. The molecule has 1 unspecified atom stereocenters. The minimum absolute atomic E-state index is 0.122. The minimum atomic E-state index is -0.711. The molecule has 2 aliphatic heterocycles. The highest BCUT2D eigenvalue weighted by Crippen LogP contribution is 2.33. The number of carbonyl (C=O) groups excluding carboxylic acids is 4. The van der Waals surface area contributed by atoms with E-state index in [9.17, 15) is 19.2 Å². The summed E-state index contributed by atoms with van der Waals surface area (Å²) in [6, 6.07) is 2.66. The van der Waals surface area contributed by atoms with Gasteiger partial charge in [-0.25, -0.2) is 0 Å². The van der Waals surface area contributed by atoms with E-state index in [0.29, 0.717) is 10.0 Å². The summed E-state index contributed by atoms with van der Waals surface area (Å²) in [5.41, 5.74) is 6.35. The highest BCUT2D eigenvalue weighted by Gasteiger charge is 2.41. The summed E-state index contributed by atoms with van der Waals surface area (Å²) in [5, 5.41) is 2.23. The number of imide groups is 1. The third-order valence-corrected chi connectivity index (χ3v) is 4.55. The van der Waals surface area contributed by atoms with E-state index >= 15 is 0 Å². The number of nitrogens with one attached hydrogen (secondary N) is 1. The van der Waals surface area contributed by atoms with Crippen molar-refractivity contribution in [3.05, 3.63) is 33.3 Å². The average molecular weight is 366 g/mol. The Bertz CT molecular complexity index is 731.